The van der Waals surface area contributed by atoms with Crippen LogP contribution in [0.3, 0.4) is 0 Å². The number of rotatable bonds is 4. The number of hydrogen-bond donors (Lipinski definition) is 1. The third-order valence-electron chi connectivity index (χ3n) is 2.36. The Morgan fingerprint density at radius 2 is 2.27 bits per heavy atom. The molecule has 5 nitrogen and oxygen atoms in total. The Kier molecular flexibility index (Phi) is 3.85. The summed E-state index contributed by atoms with van der Waals surface area (Å²) in [6, 6.07) is 1.66. The summed E-state index contributed by atoms with van der Waals surface area (Å²) in [5.74, 6) is -0.260. The van der Waals surface area contributed by atoms with Gasteiger partial charge in [-0.3, -0.25) is 14.8 Å². The standard InChI is InChI=1S/C10H17N3O2/c1-7(9-5-6-11-13(9)3)12-8(2)10(14)15-4/h5-8,12H,1-4H3. The summed E-state index contributed by atoms with van der Waals surface area (Å²) in [4.78, 5) is 11.2. The van der Waals surface area contributed by atoms with Crippen LogP contribution in [0.25, 0.3) is 0 Å². The van der Waals surface area contributed by atoms with Gasteiger partial charge < -0.3 is 4.74 Å². The van der Waals surface area contributed by atoms with Gasteiger partial charge in [-0.25, -0.2) is 0 Å². The Morgan fingerprint density at radius 1 is 1.60 bits per heavy atom. The van der Waals surface area contributed by atoms with Crippen LogP contribution in [-0.4, -0.2) is 28.9 Å². The van der Waals surface area contributed by atoms with E-state index in [4.69, 9.17) is 0 Å². The van der Waals surface area contributed by atoms with Gasteiger partial charge in [0, 0.05) is 19.3 Å². The lowest BCUT2D eigenvalue weighted by molar-refractivity contribution is -0.142. The highest BCUT2D eigenvalue weighted by Gasteiger charge is 2.17. The second-order valence-corrected chi connectivity index (χ2v) is 3.51. The molecule has 2 atom stereocenters. The maximum Gasteiger partial charge on any atom is 0.322 e. The average molecular weight is 211 g/mol. The van der Waals surface area contributed by atoms with Crippen molar-refractivity contribution in [3.63, 3.8) is 0 Å². The minimum absolute atomic E-state index is 0.0617. The molecule has 0 aliphatic rings. The molecule has 0 radical (unpaired) electrons. The zero-order valence-corrected chi connectivity index (χ0v) is 9.52. The first-order valence-corrected chi connectivity index (χ1v) is 4.88. The zero-order valence-electron chi connectivity index (χ0n) is 9.52. The SMILES string of the molecule is COC(=O)C(C)NC(C)c1ccnn1C. The van der Waals surface area contributed by atoms with E-state index < -0.39 is 0 Å². The number of aromatic nitrogens is 2. The second kappa shape index (κ2) is 4.93. The quantitative estimate of drug-likeness (QED) is 0.742. The van der Waals surface area contributed by atoms with E-state index >= 15 is 0 Å². The molecule has 5 heteroatoms. The summed E-state index contributed by atoms with van der Waals surface area (Å²) >= 11 is 0. The van der Waals surface area contributed by atoms with Crippen molar-refractivity contribution in [2.45, 2.75) is 25.9 Å². The van der Waals surface area contributed by atoms with E-state index in [0.717, 1.165) is 5.69 Å². The van der Waals surface area contributed by atoms with Gasteiger partial charge in [0.1, 0.15) is 6.04 Å². The fourth-order valence-corrected chi connectivity index (χ4v) is 1.51. The highest BCUT2D eigenvalue weighted by Crippen LogP contribution is 2.11. The van der Waals surface area contributed by atoms with Crippen LogP contribution in [0.2, 0.25) is 0 Å². The molecule has 2 unspecified atom stereocenters. The van der Waals surface area contributed by atoms with Crippen molar-refractivity contribution in [2.24, 2.45) is 7.05 Å². The third-order valence-corrected chi connectivity index (χ3v) is 2.36. The van der Waals surface area contributed by atoms with Gasteiger partial charge in [-0.05, 0) is 19.9 Å². The monoisotopic (exact) mass is 211 g/mol. The predicted octanol–water partition coefficient (Wildman–Crippen LogP) is 0.632. The van der Waals surface area contributed by atoms with Crippen LogP contribution in [0, 0.1) is 0 Å². The number of aryl methyl sites for hydroxylation is 1. The number of esters is 1. The second-order valence-electron chi connectivity index (χ2n) is 3.51. The topological polar surface area (TPSA) is 56.1 Å². The van der Waals surface area contributed by atoms with Crippen molar-refractivity contribution in [3.8, 4) is 0 Å². The van der Waals surface area contributed by atoms with Crippen LogP contribution in [-0.2, 0) is 16.6 Å². The van der Waals surface area contributed by atoms with E-state index in [0.29, 0.717) is 0 Å². The Morgan fingerprint density at radius 3 is 2.73 bits per heavy atom. The molecule has 0 aliphatic carbocycles. The predicted molar refractivity (Wildman–Crippen MR) is 56.2 cm³/mol. The Balaban J connectivity index is 2.60. The van der Waals surface area contributed by atoms with Crippen LogP contribution in [0.1, 0.15) is 25.6 Å². The Labute approximate surface area is 89.4 Å². The Hall–Kier alpha value is -1.36. The van der Waals surface area contributed by atoms with Crippen molar-refractivity contribution in [1.82, 2.24) is 15.1 Å². The van der Waals surface area contributed by atoms with Gasteiger partial charge in [0.15, 0.2) is 0 Å². The third kappa shape index (κ3) is 2.79. The van der Waals surface area contributed by atoms with Gasteiger partial charge in [-0.1, -0.05) is 0 Å². The highest BCUT2D eigenvalue weighted by atomic mass is 16.5. The van der Waals surface area contributed by atoms with Crippen molar-refractivity contribution in [1.29, 1.82) is 0 Å². The number of carbonyl (C=O) groups is 1. The molecule has 1 aromatic rings. The number of ether oxygens (including phenoxy) is 1. The molecule has 0 bridgehead atoms. The van der Waals surface area contributed by atoms with Crippen molar-refractivity contribution in [3.05, 3.63) is 18.0 Å². The van der Waals surface area contributed by atoms with Crippen LogP contribution in [0.4, 0.5) is 0 Å². The van der Waals surface area contributed by atoms with Crippen LogP contribution < -0.4 is 5.32 Å². The number of nitrogens with zero attached hydrogens (tertiary/aromatic N) is 2. The fourth-order valence-electron chi connectivity index (χ4n) is 1.51. The molecule has 15 heavy (non-hydrogen) atoms. The number of methoxy groups -OCH3 is 1. The van der Waals surface area contributed by atoms with E-state index in [9.17, 15) is 4.79 Å². The lowest BCUT2D eigenvalue weighted by Crippen LogP contribution is -2.37. The molecule has 0 fully saturated rings. The normalized spacial score (nSPS) is 14.7. The van der Waals surface area contributed by atoms with Crippen molar-refractivity contribution < 1.29 is 9.53 Å². The van der Waals surface area contributed by atoms with E-state index in [1.807, 2.05) is 20.0 Å². The van der Waals surface area contributed by atoms with Crippen LogP contribution in [0.5, 0.6) is 0 Å². The largest absolute Gasteiger partial charge is 0.468 e. The van der Waals surface area contributed by atoms with Gasteiger partial charge in [0.05, 0.1) is 12.8 Å². The van der Waals surface area contributed by atoms with E-state index in [1.54, 1.807) is 17.8 Å². The van der Waals surface area contributed by atoms with Gasteiger partial charge in [0.25, 0.3) is 0 Å². The molecule has 1 heterocycles. The summed E-state index contributed by atoms with van der Waals surface area (Å²) in [5.41, 5.74) is 1.03. The van der Waals surface area contributed by atoms with E-state index in [-0.39, 0.29) is 18.1 Å². The lowest BCUT2D eigenvalue weighted by Gasteiger charge is -2.18. The molecule has 0 amide bonds. The van der Waals surface area contributed by atoms with Crippen LogP contribution >= 0.6 is 0 Å². The average Bonchev–Trinajstić information content (AvgIpc) is 2.63. The van der Waals surface area contributed by atoms with Crippen molar-refractivity contribution in [2.75, 3.05) is 7.11 Å². The number of carbonyl (C=O) groups excluding carboxylic acids is 1. The molecule has 1 rings (SSSR count). The zero-order chi connectivity index (χ0) is 11.4. The fraction of sp³-hybridized carbons (Fsp3) is 0.600. The van der Waals surface area contributed by atoms with Gasteiger partial charge >= 0.3 is 5.97 Å². The maximum absolute atomic E-state index is 11.2. The summed E-state index contributed by atoms with van der Waals surface area (Å²) in [5, 5.41) is 7.21. The molecular formula is C10H17N3O2. The molecule has 0 aliphatic heterocycles. The first-order valence-electron chi connectivity index (χ1n) is 4.88. The van der Waals surface area contributed by atoms with Gasteiger partial charge in [-0.15, -0.1) is 0 Å². The van der Waals surface area contributed by atoms with E-state index in [1.165, 1.54) is 7.11 Å². The summed E-state index contributed by atoms with van der Waals surface area (Å²) in [7, 11) is 3.26. The van der Waals surface area contributed by atoms with E-state index in [2.05, 4.69) is 15.2 Å². The number of nitrogens with one attached hydrogen (secondary N) is 1. The molecule has 0 saturated heterocycles. The molecule has 84 valence electrons. The molecular weight excluding hydrogens is 194 g/mol. The summed E-state index contributed by atoms with van der Waals surface area (Å²) in [6.45, 7) is 3.76. The molecule has 1 aromatic heterocycles. The summed E-state index contributed by atoms with van der Waals surface area (Å²) in [6.07, 6.45) is 1.73. The molecule has 0 saturated carbocycles. The lowest BCUT2D eigenvalue weighted by atomic mass is 10.2. The van der Waals surface area contributed by atoms with Gasteiger partial charge in [0.2, 0.25) is 0 Å². The smallest absolute Gasteiger partial charge is 0.322 e. The van der Waals surface area contributed by atoms with Crippen molar-refractivity contribution >= 4 is 5.97 Å². The van der Waals surface area contributed by atoms with Gasteiger partial charge in [-0.2, -0.15) is 5.10 Å². The summed E-state index contributed by atoms with van der Waals surface area (Å²) < 4.78 is 6.42. The molecule has 1 N–H and O–H groups in total. The maximum atomic E-state index is 11.2. The highest BCUT2D eigenvalue weighted by molar-refractivity contribution is 5.75. The number of hydrogen-bond acceptors (Lipinski definition) is 4. The first kappa shape index (κ1) is 11.7. The first-order chi connectivity index (χ1) is 7.06. The molecule has 0 spiro atoms. The molecule has 0 aromatic carbocycles. The van der Waals surface area contributed by atoms with Crippen LogP contribution in [0.15, 0.2) is 12.3 Å². The Bertz CT molecular complexity index is 335. The minimum Gasteiger partial charge on any atom is -0.468 e. The minimum atomic E-state index is -0.320.